The first kappa shape index (κ1) is 22.5. The minimum atomic E-state index is -0.0525. The number of rotatable bonds is 4. The van der Waals surface area contributed by atoms with E-state index >= 15 is 0 Å². The van der Waals surface area contributed by atoms with E-state index in [2.05, 4.69) is 107 Å². The molecule has 182 valence electrons. The van der Waals surface area contributed by atoms with Crippen LogP contribution in [0.15, 0.2) is 95.5 Å². The molecule has 0 radical (unpaired) electrons. The summed E-state index contributed by atoms with van der Waals surface area (Å²) in [5.41, 5.74) is 9.19. The van der Waals surface area contributed by atoms with Crippen LogP contribution in [0.4, 0.5) is 11.4 Å². The van der Waals surface area contributed by atoms with Crippen molar-refractivity contribution in [1.29, 1.82) is 0 Å². The smallest absolute Gasteiger partial charge is 0.135 e. The van der Waals surface area contributed by atoms with Crippen LogP contribution < -0.4 is 20.1 Å². The lowest BCUT2D eigenvalue weighted by Crippen LogP contribution is -2.31. The molecule has 0 saturated carbocycles. The Morgan fingerprint density at radius 1 is 0.667 bits per heavy atom. The van der Waals surface area contributed by atoms with Crippen molar-refractivity contribution in [2.24, 2.45) is 0 Å². The molecular weight excluding hydrogens is 444 g/mol. The van der Waals surface area contributed by atoms with Crippen molar-refractivity contribution in [2.45, 2.75) is 52.6 Å². The molecule has 0 amide bonds. The molecule has 0 saturated heterocycles. The maximum absolute atomic E-state index is 6.34. The van der Waals surface area contributed by atoms with Gasteiger partial charge in [-0.1, -0.05) is 18.2 Å². The molecule has 4 heteroatoms. The van der Waals surface area contributed by atoms with Crippen LogP contribution in [0.25, 0.3) is 11.1 Å². The van der Waals surface area contributed by atoms with E-state index in [1.807, 2.05) is 18.2 Å². The fourth-order valence-corrected chi connectivity index (χ4v) is 5.56. The van der Waals surface area contributed by atoms with Gasteiger partial charge in [-0.25, -0.2) is 0 Å². The molecule has 4 nitrogen and oxygen atoms in total. The normalized spacial score (nSPS) is 20.2. The summed E-state index contributed by atoms with van der Waals surface area (Å²) in [6.07, 6.45) is 12.7. The summed E-state index contributed by atoms with van der Waals surface area (Å²) >= 11 is 0. The molecule has 0 atom stereocenters. The zero-order valence-corrected chi connectivity index (χ0v) is 21.7. The van der Waals surface area contributed by atoms with Crippen molar-refractivity contribution in [1.82, 2.24) is 0 Å². The third-order valence-electron chi connectivity index (χ3n) is 6.94. The highest BCUT2D eigenvalue weighted by molar-refractivity contribution is 5.82. The zero-order valence-electron chi connectivity index (χ0n) is 21.7. The summed E-state index contributed by atoms with van der Waals surface area (Å²) in [6, 6.07) is 12.5. The number of nitrogens with one attached hydrogen (secondary N) is 2. The molecule has 2 aromatic rings. The average molecular weight is 477 g/mol. The molecule has 0 fully saturated rings. The van der Waals surface area contributed by atoms with Crippen LogP contribution in [0.1, 0.15) is 52.7 Å². The van der Waals surface area contributed by atoms with Gasteiger partial charge in [-0.15, -0.1) is 0 Å². The SMILES string of the molecule is CC1=CC(C)(C)Nc2ccc(OC3=CC4=C(Oc5ccc6c(c5)C(C)=CC(C)(C)N6)C=CC4=C3)cc21. The van der Waals surface area contributed by atoms with Gasteiger partial charge in [-0.3, -0.25) is 0 Å². The summed E-state index contributed by atoms with van der Waals surface area (Å²) in [7, 11) is 0. The fraction of sp³-hybridized carbons (Fsp3) is 0.250. The van der Waals surface area contributed by atoms with Gasteiger partial charge in [-0.05, 0) is 113 Å². The van der Waals surface area contributed by atoms with Gasteiger partial charge in [0.2, 0.25) is 0 Å². The molecular formula is C32H32N2O2. The second-order valence-electron chi connectivity index (χ2n) is 11.2. The maximum atomic E-state index is 6.34. The van der Waals surface area contributed by atoms with Crippen molar-refractivity contribution >= 4 is 22.5 Å². The Kier molecular flexibility index (Phi) is 4.88. The number of fused-ring (bicyclic) bond motifs is 3. The van der Waals surface area contributed by atoms with E-state index in [-0.39, 0.29) is 11.1 Å². The molecule has 6 rings (SSSR count). The van der Waals surface area contributed by atoms with Crippen LogP contribution in [-0.4, -0.2) is 11.1 Å². The predicted octanol–water partition coefficient (Wildman–Crippen LogP) is 8.01. The van der Waals surface area contributed by atoms with E-state index in [4.69, 9.17) is 9.47 Å². The van der Waals surface area contributed by atoms with Crippen molar-refractivity contribution in [3.63, 3.8) is 0 Å². The van der Waals surface area contributed by atoms with E-state index in [0.29, 0.717) is 0 Å². The van der Waals surface area contributed by atoms with Crippen LogP contribution in [0.2, 0.25) is 0 Å². The van der Waals surface area contributed by atoms with Crippen molar-refractivity contribution < 1.29 is 9.47 Å². The van der Waals surface area contributed by atoms with Crippen LogP contribution >= 0.6 is 0 Å². The van der Waals surface area contributed by atoms with Gasteiger partial charge in [0.1, 0.15) is 23.0 Å². The lowest BCUT2D eigenvalue weighted by atomic mass is 9.91. The van der Waals surface area contributed by atoms with Crippen molar-refractivity contribution in [3.8, 4) is 11.5 Å². The van der Waals surface area contributed by atoms with E-state index in [1.54, 1.807) is 0 Å². The van der Waals surface area contributed by atoms with Crippen molar-refractivity contribution in [3.05, 3.63) is 107 Å². The largest absolute Gasteiger partial charge is 0.457 e. The van der Waals surface area contributed by atoms with Crippen LogP contribution in [0, 0.1) is 0 Å². The summed E-state index contributed by atoms with van der Waals surface area (Å²) in [5.74, 6) is 3.30. The van der Waals surface area contributed by atoms with Gasteiger partial charge in [0.25, 0.3) is 0 Å². The number of ether oxygens (including phenoxy) is 2. The Bertz CT molecular complexity index is 1490. The Morgan fingerprint density at radius 2 is 1.22 bits per heavy atom. The van der Waals surface area contributed by atoms with Crippen molar-refractivity contribution in [2.75, 3.05) is 10.6 Å². The maximum Gasteiger partial charge on any atom is 0.135 e. The first-order chi connectivity index (χ1) is 17.1. The van der Waals surface area contributed by atoms with E-state index < -0.39 is 0 Å². The highest BCUT2D eigenvalue weighted by Gasteiger charge is 2.26. The number of benzene rings is 2. The molecule has 0 spiro atoms. The fourth-order valence-electron chi connectivity index (χ4n) is 5.56. The third-order valence-corrected chi connectivity index (χ3v) is 6.94. The Balaban J connectivity index is 1.23. The van der Waals surface area contributed by atoms with Gasteiger partial charge in [0.15, 0.2) is 0 Å². The number of anilines is 2. The van der Waals surface area contributed by atoms with Crippen LogP contribution in [0.3, 0.4) is 0 Å². The molecule has 2 aliphatic heterocycles. The molecule has 2 N–H and O–H groups in total. The summed E-state index contributed by atoms with van der Waals surface area (Å²) in [4.78, 5) is 0. The van der Waals surface area contributed by atoms with Crippen LogP contribution in [-0.2, 0) is 0 Å². The first-order valence-electron chi connectivity index (χ1n) is 12.5. The minimum absolute atomic E-state index is 0.0509. The highest BCUT2D eigenvalue weighted by atomic mass is 16.5. The quantitative estimate of drug-likeness (QED) is 0.469. The molecule has 4 aliphatic rings. The topological polar surface area (TPSA) is 42.5 Å². The summed E-state index contributed by atoms with van der Waals surface area (Å²) in [6.45, 7) is 13.0. The molecule has 2 heterocycles. The molecule has 0 unspecified atom stereocenters. The van der Waals surface area contributed by atoms with Gasteiger partial charge in [0.05, 0.1) is 11.1 Å². The average Bonchev–Trinajstić information content (AvgIpc) is 3.34. The van der Waals surface area contributed by atoms with E-state index in [0.717, 1.165) is 45.5 Å². The third kappa shape index (κ3) is 4.07. The molecule has 0 bridgehead atoms. The van der Waals surface area contributed by atoms with Gasteiger partial charge < -0.3 is 20.1 Å². The molecule has 36 heavy (non-hydrogen) atoms. The summed E-state index contributed by atoms with van der Waals surface area (Å²) in [5, 5.41) is 7.15. The number of hydrogen-bond acceptors (Lipinski definition) is 4. The monoisotopic (exact) mass is 476 g/mol. The lowest BCUT2D eigenvalue weighted by molar-refractivity contribution is 0.438. The second kappa shape index (κ2) is 7.79. The predicted molar refractivity (Wildman–Crippen MR) is 149 cm³/mol. The van der Waals surface area contributed by atoms with Gasteiger partial charge in [-0.2, -0.15) is 0 Å². The van der Waals surface area contributed by atoms with Crippen LogP contribution in [0.5, 0.6) is 11.5 Å². The zero-order chi connectivity index (χ0) is 25.2. The lowest BCUT2D eigenvalue weighted by Gasteiger charge is -2.31. The Morgan fingerprint density at radius 3 is 1.81 bits per heavy atom. The number of hydrogen-bond donors (Lipinski definition) is 2. The number of allylic oxidation sites excluding steroid dienone is 8. The van der Waals surface area contributed by atoms with E-state index in [1.165, 1.54) is 22.3 Å². The van der Waals surface area contributed by atoms with Gasteiger partial charge >= 0.3 is 0 Å². The highest BCUT2D eigenvalue weighted by Crippen LogP contribution is 2.40. The minimum Gasteiger partial charge on any atom is -0.457 e. The molecule has 2 aliphatic carbocycles. The first-order valence-corrected chi connectivity index (χ1v) is 12.5. The second-order valence-corrected chi connectivity index (χ2v) is 11.2. The standard InChI is InChI=1S/C32H32N2O2/c1-19-17-31(3,4)33-28-10-8-22(14-25(19)28)35-24-13-21-7-12-30(27(21)16-24)36-23-9-11-29-26(15-23)20(2)18-32(5,6)34-29/h7-18,33-34H,1-6H3. The summed E-state index contributed by atoms with van der Waals surface area (Å²) < 4.78 is 12.6. The molecule has 2 aromatic carbocycles. The Hall–Kier alpha value is -3.92. The van der Waals surface area contributed by atoms with Gasteiger partial charge in [0, 0.05) is 28.1 Å². The van der Waals surface area contributed by atoms with E-state index in [9.17, 15) is 0 Å². The Labute approximate surface area is 213 Å². The molecule has 0 aromatic heterocycles.